The molecule has 1 saturated heterocycles. The molecular weight excluding hydrogens is 475 g/mol. The Morgan fingerprint density at radius 2 is 1.26 bits per heavy atom. The number of carbonyl (C=O) groups excluding carboxylic acids is 3. The van der Waals surface area contributed by atoms with Crippen LogP contribution >= 0.6 is 23.2 Å². The lowest BCUT2D eigenvalue weighted by molar-refractivity contribution is -0.121. The van der Waals surface area contributed by atoms with Gasteiger partial charge in [-0.2, -0.15) is 0 Å². The zero-order valence-electron chi connectivity index (χ0n) is 18.2. The lowest BCUT2D eigenvalue weighted by atomic mass is 10.0. The van der Waals surface area contributed by atoms with Crippen molar-refractivity contribution in [2.24, 2.45) is 0 Å². The van der Waals surface area contributed by atoms with Crippen LogP contribution in [0.5, 0.6) is 5.75 Å². The van der Waals surface area contributed by atoms with E-state index < -0.39 is 17.8 Å². The van der Waals surface area contributed by atoms with Crippen molar-refractivity contribution in [2.75, 3.05) is 16.4 Å². The van der Waals surface area contributed by atoms with Crippen molar-refractivity contribution in [1.29, 1.82) is 0 Å². The van der Waals surface area contributed by atoms with Crippen LogP contribution in [-0.4, -0.2) is 24.5 Å². The molecule has 1 aliphatic heterocycles. The second-order valence-corrected chi connectivity index (χ2v) is 8.27. The van der Waals surface area contributed by atoms with Crippen LogP contribution in [0.2, 0.25) is 10.0 Å². The van der Waals surface area contributed by atoms with E-state index in [1.807, 2.05) is 6.92 Å². The number of nitrogens with zero attached hydrogens (tertiary/aromatic N) is 2. The minimum Gasteiger partial charge on any atom is -0.490 e. The topological polar surface area (TPSA) is 66.9 Å². The van der Waals surface area contributed by atoms with Crippen LogP contribution < -0.4 is 14.5 Å². The average molecular weight is 495 g/mol. The molecule has 1 heterocycles. The molecule has 4 amide bonds. The molecule has 0 bridgehead atoms. The largest absolute Gasteiger partial charge is 0.490 e. The summed E-state index contributed by atoms with van der Waals surface area (Å²) < 4.78 is 5.59. The van der Waals surface area contributed by atoms with E-state index in [0.717, 1.165) is 16.2 Å². The molecule has 0 aromatic heterocycles. The van der Waals surface area contributed by atoms with E-state index in [-0.39, 0.29) is 15.6 Å². The van der Waals surface area contributed by atoms with Crippen molar-refractivity contribution in [1.82, 2.24) is 0 Å². The highest BCUT2D eigenvalue weighted by Gasteiger charge is 2.43. The standard InChI is InChI=1S/C26H20Cl2N2O4/c1-2-13-34-23-21(27)15-17(16-22(23)28)14-20-24(31)29(18-9-5-3-6-10-18)26(33)30(25(20)32)19-11-7-4-8-12-19/h3-12,14-16H,2,13H2,1H3. The molecule has 0 atom stereocenters. The Morgan fingerprint density at radius 3 is 1.71 bits per heavy atom. The van der Waals surface area contributed by atoms with Gasteiger partial charge in [-0.25, -0.2) is 14.6 Å². The quantitative estimate of drug-likeness (QED) is 0.295. The first-order valence-electron chi connectivity index (χ1n) is 10.6. The summed E-state index contributed by atoms with van der Waals surface area (Å²) >= 11 is 12.7. The number of para-hydroxylation sites is 2. The van der Waals surface area contributed by atoms with Gasteiger partial charge in [0, 0.05) is 0 Å². The summed E-state index contributed by atoms with van der Waals surface area (Å²) in [7, 11) is 0. The van der Waals surface area contributed by atoms with Crippen molar-refractivity contribution in [3.05, 3.63) is 94.0 Å². The summed E-state index contributed by atoms with van der Waals surface area (Å²) in [5.74, 6) is -1.15. The Bertz CT molecular complexity index is 1190. The highest BCUT2D eigenvalue weighted by molar-refractivity contribution is 6.46. The SMILES string of the molecule is CCCOc1c(Cl)cc(C=C2C(=O)N(c3ccccc3)C(=O)N(c3ccccc3)C2=O)cc1Cl. The van der Waals surface area contributed by atoms with E-state index in [4.69, 9.17) is 27.9 Å². The molecule has 0 unspecified atom stereocenters. The van der Waals surface area contributed by atoms with Crippen molar-refractivity contribution in [2.45, 2.75) is 13.3 Å². The maximum Gasteiger partial charge on any atom is 0.343 e. The summed E-state index contributed by atoms with van der Waals surface area (Å²) in [6.45, 7) is 2.40. The number of hydrogen-bond acceptors (Lipinski definition) is 4. The Hall–Kier alpha value is -3.61. The van der Waals surface area contributed by atoms with Gasteiger partial charge < -0.3 is 4.74 Å². The van der Waals surface area contributed by atoms with Crippen LogP contribution in [0.3, 0.4) is 0 Å². The van der Waals surface area contributed by atoms with Gasteiger partial charge in [0.2, 0.25) is 0 Å². The monoisotopic (exact) mass is 494 g/mol. The lowest BCUT2D eigenvalue weighted by Gasteiger charge is -2.33. The molecule has 0 N–H and O–H groups in total. The van der Waals surface area contributed by atoms with Gasteiger partial charge in [0.15, 0.2) is 5.75 Å². The van der Waals surface area contributed by atoms with Gasteiger partial charge in [0.05, 0.1) is 28.0 Å². The number of amides is 4. The van der Waals surface area contributed by atoms with Gasteiger partial charge in [-0.15, -0.1) is 0 Å². The van der Waals surface area contributed by atoms with Gasteiger partial charge in [-0.3, -0.25) is 9.59 Å². The number of benzene rings is 3. The number of imide groups is 2. The van der Waals surface area contributed by atoms with Gasteiger partial charge in [0.1, 0.15) is 5.57 Å². The van der Waals surface area contributed by atoms with E-state index >= 15 is 0 Å². The summed E-state index contributed by atoms with van der Waals surface area (Å²) in [6.07, 6.45) is 2.16. The molecule has 8 heteroatoms. The molecule has 3 aromatic carbocycles. The average Bonchev–Trinajstić information content (AvgIpc) is 2.83. The molecule has 34 heavy (non-hydrogen) atoms. The number of rotatable bonds is 6. The predicted octanol–water partition coefficient (Wildman–Crippen LogP) is 6.37. The molecule has 4 rings (SSSR count). The molecule has 1 fully saturated rings. The minimum absolute atomic E-state index is 0.207. The second kappa shape index (κ2) is 10.1. The Balaban J connectivity index is 1.82. The number of ether oxygens (including phenoxy) is 1. The third kappa shape index (κ3) is 4.55. The van der Waals surface area contributed by atoms with Crippen molar-refractivity contribution < 1.29 is 19.1 Å². The van der Waals surface area contributed by atoms with Crippen LogP contribution in [0, 0.1) is 0 Å². The summed E-state index contributed by atoms with van der Waals surface area (Å²) in [4.78, 5) is 42.1. The molecule has 6 nitrogen and oxygen atoms in total. The van der Waals surface area contributed by atoms with Crippen molar-refractivity contribution in [3.63, 3.8) is 0 Å². The fourth-order valence-electron chi connectivity index (χ4n) is 3.51. The van der Waals surface area contributed by atoms with E-state index in [0.29, 0.717) is 29.3 Å². The fraction of sp³-hybridized carbons (Fsp3) is 0.115. The van der Waals surface area contributed by atoms with E-state index in [2.05, 4.69) is 0 Å². The van der Waals surface area contributed by atoms with E-state index in [1.165, 1.54) is 6.08 Å². The third-order valence-electron chi connectivity index (χ3n) is 5.06. The number of urea groups is 1. The molecule has 0 radical (unpaired) electrons. The summed E-state index contributed by atoms with van der Waals surface area (Å²) in [5.41, 5.74) is 0.903. The molecular formula is C26H20Cl2N2O4. The lowest BCUT2D eigenvalue weighted by Crippen LogP contribution is -2.57. The molecule has 172 valence electrons. The maximum absolute atomic E-state index is 13.4. The Morgan fingerprint density at radius 1 is 0.794 bits per heavy atom. The molecule has 0 saturated carbocycles. The fourth-order valence-corrected chi connectivity index (χ4v) is 4.12. The summed E-state index contributed by atoms with van der Waals surface area (Å²) in [5, 5.41) is 0.499. The van der Waals surface area contributed by atoms with Gasteiger partial charge in [-0.1, -0.05) is 66.5 Å². The molecule has 1 aliphatic rings. The van der Waals surface area contributed by atoms with Gasteiger partial charge in [0.25, 0.3) is 11.8 Å². The molecule has 0 spiro atoms. The highest BCUT2D eigenvalue weighted by atomic mass is 35.5. The zero-order chi connectivity index (χ0) is 24.2. The number of hydrogen-bond donors (Lipinski definition) is 0. The number of halogens is 2. The van der Waals surface area contributed by atoms with Crippen molar-refractivity contribution in [3.8, 4) is 5.75 Å². The smallest absolute Gasteiger partial charge is 0.343 e. The molecule has 3 aromatic rings. The van der Waals surface area contributed by atoms with Crippen molar-refractivity contribution >= 4 is 58.5 Å². The van der Waals surface area contributed by atoms with Crippen LogP contribution in [0.25, 0.3) is 6.08 Å². The third-order valence-corrected chi connectivity index (χ3v) is 5.62. The Kier molecular flexibility index (Phi) is 7.01. The van der Waals surface area contributed by atoms with E-state index in [9.17, 15) is 14.4 Å². The normalized spacial score (nSPS) is 14.0. The first-order chi connectivity index (χ1) is 16.4. The first-order valence-corrected chi connectivity index (χ1v) is 11.3. The minimum atomic E-state index is -0.760. The van der Waals surface area contributed by atoms with E-state index in [1.54, 1.807) is 72.8 Å². The summed E-state index contributed by atoms with van der Waals surface area (Å²) in [6, 6.07) is 19.2. The predicted molar refractivity (Wildman–Crippen MR) is 133 cm³/mol. The van der Waals surface area contributed by atoms with Crippen LogP contribution in [0.15, 0.2) is 78.4 Å². The van der Waals surface area contributed by atoms with Gasteiger partial charge >= 0.3 is 6.03 Å². The molecule has 0 aliphatic carbocycles. The van der Waals surface area contributed by atoms with Crippen LogP contribution in [-0.2, 0) is 9.59 Å². The zero-order valence-corrected chi connectivity index (χ0v) is 19.7. The van der Waals surface area contributed by atoms with Crippen LogP contribution in [0.1, 0.15) is 18.9 Å². The van der Waals surface area contributed by atoms with Gasteiger partial charge in [-0.05, 0) is 54.5 Å². The highest BCUT2D eigenvalue weighted by Crippen LogP contribution is 2.36. The number of anilines is 2. The Labute approximate surface area is 206 Å². The second-order valence-electron chi connectivity index (χ2n) is 7.45. The van der Waals surface area contributed by atoms with Crippen LogP contribution in [0.4, 0.5) is 16.2 Å². The maximum atomic E-state index is 13.4. The number of barbiturate groups is 1. The number of carbonyl (C=O) groups is 3. The first kappa shape index (κ1) is 23.5.